The molecule has 2 aromatic carbocycles. The van der Waals surface area contributed by atoms with Crippen LogP contribution in [0, 0.1) is 19.8 Å². The van der Waals surface area contributed by atoms with E-state index < -0.39 is 0 Å². The van der Waals surface area contributed by atoms with Crippen LogP contribution >= 0.6 is 0 Å². The number of amides is 2. The van der Waals surface area contributed by atoms with E-state index in [1.54, 1.807) is 22.0 Å². The molecule has 0 spiro atoms. The monoisotopic (exact) mass is 403 g/mol. The maximum atomic E-state index is 13.0. The first-order chi connectivity index (χ1) is 14.5. The molecular formula is C23H25N5O2. The number of nitrogens with zero attached hydrogens (tertiary/aromatic N) is 4. The molecule has 0 aliphatic carbocycles. The summed E-state index contributed by atoms with van der Waals surface area (Å²) in [4.78, 5) is 27.8. The van der Waals surface area contributed by atoms with Gasteiger partial charge in [0, 0.05) is 18.7 Å². The van der Waals surface area contributed by atoms with E-state index in [2.05, 4.69) is 21.7 Å². The van der Waals surface area contributed by atoms with Crippen molar-refractivity contribution >= 4 is 17.5 Å². The van der Waals surface area contributed by atoms with E-state index in [-0.39, 0.29) is 17.7 Å². The van der Waals surface area contributed by atoms with E-state index in [4.69, 9.17) is 0 Å². The number of hydrogen-bond acceptors (Lipinski definition) is 4. The van der Waals surface area contributed by atoms with Crippen LogP contribution in [-0.4, -0.2) is 44.8 Å². The topological polar surface area (TPSA) is 80.1 Å². The van der Waals surface area contributed by atoms with Crippen LogP contribution in [-0.2, 0) is 4.79 Å². The Bertz CT molecular complexity index is 1040. The molecule has 7 nitrogen and oxygen atoms in total. The number of benzene rings is 2. The van der Waals surface area contributed by atoms with Crippen molar-refractivity contribution in [2.24, 2.45) is 5.92 Å². The summed E-state index contributed by atoms with van der Waals surface area (Å²) in [5.74, 6) is -0.347. The Kier molecular flexibility index (Phi) is 5.61. The van der Waals surface area contributed by atoms with Crippen molar-refractivity contribution in [2.45, 2.75) is 26.7 Å². The second-order valence-electron chi connectivity index (χ2n) is 7.82. The predicted octanol–water partition coefficient (Wildman–Crippen LogP) is 3.38. The summed E-state index contributed by atoms with van der Waals surface area (Å²) in [6.45, 7) is 5.07. The highest BCUT2D eigenvalue weighted by molar-refractivity contribution is 5.97. The highest BCUT2D eigenvalue weighted by atomic mass is 16.2. The van der Waals surface area contributed by atoms with E-state index in [1.807, 2.05) is 50.2 Å². The number of anilines is 1. The van der Waals surface area contributed by atoms with Crippen LogP contribution in [0.3, 0.4) is 0 Å². The van der Waals surface area contributed by atoms with Gasteiger partial charge in [-0.25, -0.2) is 4.68 Å². The quantitative estimate of drug-likeness (QED) is 0.724. The molecule has 1 unspecified atom stereocenters. The van der Waals surface area contributed by atoms with Gasteiger partial charge in [0.05, 0.1) is 29.7 Å². The summed E-state index contributed by atoms with van der Waals surface area (Å²) in [5.41, 5.74) is 4.24. The maximum Gasteiger partial charge on any atom is 0.253 e. The molecule has 30 heavy (non-hydrogen) atoms. The summed E-state index contributed by atoms with van der Waals surface area (Å²) in [5, 5.41) is 10.9. The number of rotatable bonds is 4. The van der Waals surface area contributed by atoms with E-state index in [9.17, 15) is 9.59 Å². The summed E-state index contributed by atoms with van der Waals surface area (Å²) >= 11 is 0. The van der Waals surface area contributed by atoms with Gasteiger partial charge in [0.15, 0.2) is 0 Å². The highest BCUT2D eigenvalue weighted by Crippen LogP contribution is 2.24. The number of aromatic nitrogens is 3. The molecule has 1 aliphatic heterocycles. The molecule has 1 aliphatic rings. The van der Waals surface area contributed by atoms with Crippen LogP contribution in [0.5, 0.6) is 0 Å². The average molecular weight is 403 g/mol. The molecule has 154 valence electrons. The lowest BCUT2D eigenvalue weighted by atomic mass is 9.96. The molecule has 4 rings (SSSR count). The SMILES string of the molecule is Cc1cc(C)cc(C(=O)N2CCCC(C(=O)Nc3ccccc3-n3ccnn3)C2)c1. The number of hydrogen-bond donors (Lipinski definition) is 1. The van der Waals surface area contributed by atoms with E-state index in [1.165, 1.54) is 0 Å². The largest absolute Gasteiger partial charge is 0.338 e. The van der Waals surface area contributed by atoms with Crippen molar-refractivity contribution in [3.8, 4) is 5.69 Å². The van der Waals surface area contributed by atoms with Gasteiger partial charge in [-0.3, -0.25) is 9.59 Å². The van der Waals surface area contributed by atoms with E-state index in [0.717, 1.165) is 29.7 Å². The van der Waals surface area contributed by atoms with Crippen molar-refractivity contribution in [3.05, 3.63) is 71.5 Å². The Morgan fingerprint density at radius 2 is 1.87 bits per heavy atom. The van der Waals surface area contributed by atoms with Gasteiger partial charge >= 0.3 is 0 Å². The van der Waals surface area contributed by atoms with Crippen molar-refractivity contribution in [1.29, 1.82) is 0 Å². The minimum atomic E-state index is -0.252. The number of nitrogens with one attached hydrogen (secondary N) is 1. The van der Waals surface area contributed by atoms with Crippen LogP contribution < -0.4 is 5.32 Å². The molecule has 0 radical (unpaired) electrons. The van der Waals surface area contributed by atoms with Crippen LogP contribution in [0.1, 0.15) is 34.3 Å². The standard InChI is InChI=1S/C23H25N5O2/c1-16-12-17(2)14-19(13-16)23(30)27-10-5-6-18(15-27)22(29)25-20-7-3-4-8-21(20)28-11-9-24-26-28/h3-4,7-9,11-14,18H,5-6,10,15H2,1-2H3,(H,25,29). The van der Waals surface area contributed by atoms with Crippen LogP contribution in [0.25, 0.3) is 5.69 Å². The zero-order valence-corrected chi connectivity index (χ0v) is 17.2. The number of aryl methyl sites for hydroxylation is 2. The van der Waals surface area contributed by atoms with Crippen molar-refractivity contribution < 1.29 is 9.59 Å². The Labute approximate surface area is 175 Å². The van der Waals surface area contributed by atoms with E-state index in [0.29, 0.717) is 24.3 Å². The molecule has 1 fully saturated rings. The van der Waals surface area contributed by atoms with Crippen LogP contribution in [0.4, 0.5) is 5.69 Å². The predicted molar refractivity (Wildman–Crippen MR) is 115 cm³/mol. The Morgan fingerprint density at radius 1 is 1.10 bits per heavy atom. The molecule has 3 aromatic rings. The fraction of sp³-hybridized carbons (Fsp3) is 0.304. The second kappa shape index (κ2) is 8.49. The summed E-state index contributed by atoms with van der Waals surface area (Å²) in [6, 6.07) is 13.3. The second-order valence-corrected chi connectivity index (χ2v) is 7.82. The first kappa shape index (κ1) is 19.8. The van der Waals surface area contributed by atoms with Gasteiger partial charge in [0.25, 0.3) is 5.91 Å². The first-order valence-corrected chi connectivity index (χ1v) is 10.2. The third-order valence-corrected chi connectivity index (χ3v) is 5.38. The molecule has 1 N–H and O–H groups in total. The number of carbonyl (C=O) groups is 2. The van der Waals surface area contributed by atoms with Gasteiger partial charge in [-0.2, -0.15) is 0 Å². The molecule has 1 saturated heterocycles. The van der Waals surface area contributed by atoms with Gasteiger partial charge in [-0.05, 0) is 51.0 Å². The summed E-state index contributed by atoms with van der Waals surface area (Å²) < 4.78 is 1.62. The third kappa shape index (κ3) is 4.25. The lowest BCUT2D eigenvalue weighted by molar-refractivity contribution is -0.121. The van der Waals surface area contributed by atoms with Gasteiger partial charge in [-0.1, -0.05) is 34.5 Å². The minimum Gasteiger partial charge on any atom is -0.338 e. The Hall–Kier alpha value is -3.48. The van der Waals surface area contributed by atoms with Gasteiger partial charge in [0.2, 0.25) is 5.91 Å². The fourth-order valence-corrected chi connectivity index (χ4v) is 4.01. The molecule has 2 heterocycles. The number of likely N-dealkylation sites (tertiary alicyclic amines) is 1. The maximum absolute atomic E-state index is 13.0. The lowest BCUT2D eigenvalue weighted by Crippen LogP contribution is -2.43. The Morgan fingerprint density at radius 3 is 2.60 bits per heavy atom. The minimum absolute atomic E-state index is 0.0117. The normalized spacial score (nSPS) is 16.3. The number of carbonyl (C=O) groups excluding carboxylic acids is 2. The molecule has 1 aromatic heterocycles. The lowest BCUT2D eigenvalue weighted by Gasteiger charge is -2.32. The molecule has 0 saturated carbocycles. The van der Waals surface area contributed by atoms with Crippen molar-refractivity contribution in [1.82, 2.24) is 19.9 Å². The smallest absolute Gasteiger partial charge is 0.253 e. The zero-order valence-electron chi connectivity index (χ0n) is 17.2. The average Bonchev–Trinajstić information content (AvgIpc) is 3.27. The molecular weight excluding hydrogens is 378 g/mol. The van der Waals surface area contributed by atoms with Crippen LogP contribution in [0.15, 0.2) is 54.9 Å². The third-order valence-electron chi connectivity index (χ3n) is 5.38. The fourth-order valence-electron chi connectivity index (χ4n) is 4.01. The Balaban J connectivity index is 1.48. The van der Waals surface area contributed by atoms with Gasteiger partial charge in [-0.15, -0.1) is 5.10 Å². The number of para-hydroxylation sites is 2. The first-order valence-electron chi connectivity index (χ1n) is 10.2. The number of piperidine rings is 1. The molecule has 7 heteroatoms. The van der Waals surface area contributed by atoms with Gasteiger partial charge in [0.1, 0.15) is 0 Å². The van der Waals surface area contributed by atoms with Crippen molar-refractivity contribution in [2.75, 3.05) is 18.4 Å². The molecule has 1 atom stereocenters. The summed E-state index contributed by atoms with van der Waals surface area (Å²) in [6.07, 6.45) is 4.89. The highest BCUT2D eigenvalue weighted by Gasteiger charge is 2.29. The molecule has 0 bridgehead atoms. The van der Waals surface area contributed by atoms with Crippen molar-refractivity contribution in [3.63, 3.8) is 0 Å². The zero-order chi connectivity index (χ0) is 21.1. The molecule has 2 amide bonds. The van der Waals surface area contributed by atoms with Gasteiger partial charge < -0.3 is 10.2 Å². The van der Waals surface area contributed by atoms with Crippen LogP contribution in [0.2, 0.25) is 0 Å². The summed E-state index contributed by atoms with van der Waals surface area (Å²) in [7, 11) is 0. The van der Waals surface area contributed by atoms with E-state index >= 15 is 0 Å².